The second kappa shape index (κ2) is 7.54. The first kappa shape index (κ1) is 21.7. The standard InChI is InChI=1S/C14H38O3Si4/c1-12-14(3,16-19(5,6)7)21(10,11)15-13(2)20(8,9)17-18-4/h13H,12,18H2,1-11H3. The van der Waals surface area contributed by atoms with Gasteiger partial charge in [-0.3, -0.25) is 0 Å². The molecule has 128 valence electrons. The van der Waals surface area contributed by atoms with Gasteiger partial charge < -0.3 is 13.0 Å². The van der Waals surface area contributed by atoms with Crippen LogP contribution in [-0.4, -0.2) is 45.7 Å². The third kappa shape index (κ3) is 6.40. The van der Waals surface area contributed by atoms with Crippen molar-refractivity contribution in [3.05, 3.63) is 0 Å². The smallest absolute Gasteiger partial charge is 0.216 e. The van der Waals surface area contributed by atoms with Crippen LogP contribution >= 0.6 is 0 Å². The average molecular weight is 367 g/mol. The summed E-state index contributed by atoms with van der Waals surface area (Å²) < 4.78 is 19.4. The zero-order chi connectivity index (χ0) is 17.1. The summed E-state index contributed by atoms with van der Waals surface area (Å²) in [6.45, 7) is 24.8. The van der Waals surface area contributed by atoms with E-state index in [0.717, 1.165) is 6.42 Å². The van der Waals surface area contributed by atoms with Crippen LogP contribution in [0.1, 0.15) is 27.2 Å². The molecule has 0 aliphatic carbocycles. The van der Waals surface area contributed by atoms with Gasteiger partial charge in [-0.15, -0.1) is 0 Å². The van der Waals surface area contributed by atoms with Crippen LogP contribution in [0.25, 0.3) is 0 Å². The van der Waals surface area contributed by atoms with Crippen molar-refractivity contribution in [3.8, 4) is 0 Å². The molecule has 7 heteroatoms. The van der Waals surface area contributed by atoms with E-state index in [0.29, 0.717) is 0 Å². The second-order valence-electron chi connectivity index (χ2n) is 8.11. The quantitative estimate of drug-likeness (QED) is 0.576. The Bertz CT molecular complexity index is 329. The molecule has 0 aromatic rings. The second-order valence-corrected chi connectivity index (χ2v) is 22.6. The third-order valence-corrected chi connectivity index (χ3v) is 16.1. The summed E-state index contributed by atoms with van der Waals surface area (Å²) in [5.41, 5.74) is 0.225. The average Bonchev–Trinajstić information content (AvgIpc) is 2.25. The van der Waals surface area contributed by atoms with Gasteiger partial charge in [-0.2, -0.15) is 0 Å². The maximum Gasteiger partial charge on any atom is 0.216 e. The van der Waals surface area contributed by atoms with Crippen LogP contribution in [0.5, 0.6) is 0 Å². The van der Waals surface area contributed by atoms with Crippen molar-refractivity contribution in [2.45, 2.75) is 90.5 Å². The minimum Gasteiger partial charge on any atom is -0.459 e. The molecule has 0 amide bonds. The van der Waals surface area contributed by atoms with Gasteiger partial charge >= 0.3 is 0 Å². The van der Waals surface area contributed by atoms with E-state index in [1.807, 2.05) is 0 Å². The Hall–Kier alpha value is 0.748. The summed E-state index contributed by atoms with van der Waals surface area (Å²) in [4.78, 5) is 0. The van der Waals surface area contributed by atoms with Crippen molar-refractivity contribution in [2.75, 3.05) is 0 Å². The molecule has 0 N–H and O–H groups in total. The molecule has 0 fully saturated rings. The van der Waals surface area contributed by atoms with Crippen LogP contribution in [0.2, 0.25) is 52.4 Å². The van der Waals surface area contributed by atoms with Crippen LogP contribution < -0.4 is 0 Å². The summed E-state index contributed by atoms with van der Waals surface area (Å²) >= 11 is 0. The first-order valence-electron chi connectivity index (χ1n) is 8.22. The lowest BCUT2D eigenvalue weighted by Gasteiger charge is -2.47. The minimum absolute atomic E-state index is 0.125. The van der Waals surface area contributed by atoms with Crippen LogP contribution in [-0.2, 0) is 13.0 Å². The molecule has 0 spiro atoms. The molecule has 3 nitrogen and oxygen atoms in total. The van der Waals surface area contributed by atoms with E-state index in [2.05, 4.69) is 73.1 Å². The van der Waals surface area contributed by atoms with Crippen molar-refractivity contribution in [1.29, 1.82) is 0 Å². The van der Waals surface area contributed by atoms with Crippen LogP contribution in [0.4, 0.5) is 0 Å². The SMILES string of the molecule is CCC(C)(O[Si](C)(C)C)[Si](C)(C)OC(C)[Si](C)(C)O[SiH2]C. The molecule has 0 radical (unpaired) electrons. The Labute approximate surface area is 138 Å². The zero-order valence-electron chi connectivity index (χ0n) is 16.2. The molecule has 0 aliphatic heterocycles. The molecule has 0 saturated heterocycles. The van der Waals surface area contributed by atoms with Gasteiger partial charge in [0.15, 0.2) is 8.32 Å². The molecule has 2 unspecified atom stereocenters. The summed E-state index contributed by atoms with van der Waals surface area (Å²) in [6, 6.07) is 0. The van der Waals surface area contributed by atoms with Gasteiger partial charge in [0.2, 0.25) is 16.6 Å². The largest absolute Gasteiger partial charge is 0.459 e. The third-order valence-electron chi connectivity index (χ3n) is 4.45. The molecular formula is C14H38O3Si4. The maximum absolute atomic E-state index is 6.65. The fraction of sp³-hybridized carbons (Fsp3) is 1.00. The topological polar surface area (TPSA) is 27.7 Å². The molecule has 0 saturated carbocycles. The lowest BCUT2D eigenvalue weighted by molar-refractivity contribution is 0.109. The highest BCUT2D eigenvalue weighted by Gasteiger charge is 2.49. The molecular weight excluding hydrogens is 328 g/mol. The fourth-order valence-corrected chi connectivity index (χ4v) is 13.8. The number of hydrogen-bond acceptors (Lipinski definition) is 3. The first-order chi connectivity index (χ1) is 9.21. The Morgan fingerprint density at radius 3 is 1.86 bits per heavy atom. The molecule has 0 aromatic heterocycles. The monoisotopic (exact) mass is 366 g/mol. The Kier molecular flexibility index (Phi) is 7.81. The van der Waals surface area contributed by atoms with Gasteiger partial charge in [0, 0.05) is 0 Å². The van der Waals surface area contributed by atoms with E-state index in [4.69, 9.17) is 13.0 Å². The van der Waals surface area contributed by atoms with Gasteiger partial charge in [-0.1, -0.05) is 13.5 Å². The highest BCUT2D eigenvalue weighted by molar-refractivity contribution is 6.80. The zero-order valence-corrected chi connectivity index (χ0v) is 20.6. The summed E-state index contributed by atoms with van der Waals surface area (Å²) in [5, 5.41) is -0.125. The summed E-state index contributed by atoms with van der Waals surface area (Å²) in [5.74, 6) is 0. The number of hydrogen-bond donors (Lipinski definition) is 0. The molecule has 0 aliphatic rings. The predicted molar refractivity (Wildman–Crippen MR) is 104 cm³/mol. The van der Waals surface area contributed by atoms with Crippen molar-refractivity contribution in [2.24, 2.45) is 0 Å². The van der Waals surface area contributed by atoms with Gasteiger partial charge in [-0.05, 0) is 66.1 Å². The van der Waals surface area contributed by atoms with Gasteiger partial charge in [0.25, 0.3) is 0 Å². The molecule has 2 atom stereocenters. The van der Waals surface area contributed by atoms with E-state index >= 15 is 0 Å². The molecule has 0 heterocycles. The van der Waals surface area contributed by atoms with Crippen molar-refractivity contribution >= 4 is 34.7 Å². The molecule has 21 heavy (non-hydrogen) atoms. The predicted octanol–water partition coefficient (Wildman–Crippen LogP) is 4.05. The minimum atomic E-state index is -1.99. The summed E-state index contributed by atoms with van der Waals surface area (Å²) in [7, 11) is -5.70. The first-order valence-corrected chi connectivity index (χ1v) is 19.5. The Balaban J connectivity index is 5.17. The molecule has 0 aromatic carbocycles. The lowest BCUT2D eigenvalue weighted by Crippen LogP contribution is -2.63. The van der Waals surface area contributed by atoms with Crippen LogP contribution in [0.3, 0.4) is 0 Å². The van der Waals surface area contributed by atoms with E-state index in [-0.39, 0.29) is 20.7 Å². The molecule has 0 rings (SSSR count). The van der Waals surface area contributed by atoms with Crippen LogP contribution in [0.15, 0.2) is 0 Å². The maximum atomic E-state index is 6.65. The van der Waals surface area contributed by atoms with E-state index in [1.54, 1.807) is 0 Å². The lowest BCUT2D eigenvalue weighted by atomic mass is 10.3. The van der Waals surface area contributed by atoms with Gasteiger partial charge in [0.05, 0.1) is 11.0 Å². The van der Waals surface area contributed by atoms with E-state index in [9.17, 15) is 0 Å². The molecule has 0 bridgehead atoms. The normalized spacial score (nSPS) is 19.0. The highest BCUT2D eigenvalue weighted by Crippen LogP contribution is 2.34. The highest BCUT2D eigenvalue weighted by atomic mass is 28.4. The summed E-state index contributed by atoms with van der Waals surface area (Å²) in [6.07, 6.45) is 1.01. The van der Waals surface area contributed by atoms with Crippen molar-refractivity contribution in [3.63, 3.8) is 0 Å². The van der Waals surface area contributed by atoms with E-state index < -0.39 is 25.0 Å². The fourth-order valence-electron chi connectivity index (χ4n) is 2.49. The van der Waals surface area contributed by atoms with Gasteiger partial charge in [0.1, 0.15) is 9.76 Å². The Morgan fingerprint density at radius 2 is 1.52 bits per heavy atom. The Morgan fingerprint density at radius 1 is 1.05 bits per heavy atom. The van der Waals surface area contributed by atoms with Crippen molar-refractivity contribution < 1.29 is 13.0 Å². The van der Waals surface area contributed by atoms with Crippen molar-refractivity contribution in [1.82, 2.24) is 0 Å². The van der Waals surface area contributed by atoms with Crippen LogP contribution in [0, 0.1) is 0 Å². The van der Waals surface area contributed by atoms with E-state index in [1.165, 1.54) is 0 Å². The van der Waals surface area contributed by atoms with Gasteiger partial charge in [-0.25, -0.2) is 0 Å². The number of rotatable bonds is 9.